The second-order valence-electron chi connectivity index (χ2n) is 12.2. The van der Waals surface area contributed by atoms with Crippen molar-refractivity contribution in [2.24, 2.45) is 0 Å². The summed E-state index contributed by atoms with van der Waals surface area (Å²) >= 11 is 0. The zero-order chi connectivity index (χ0) is 30.7. The molecule has 5 aliphatic heterocycles. The van der Waals surface area contributed by atoms with E-state index in [1.54, 1.807) is 24.3 Å². The van der Waals surface area contributed by atoms with Crippen molar-refractivity contribution >= 4 is 33.6 Å². The molecule has 10 nitrogen and oxygen atoms in total. The van der Waals surface area contributed by atoms with Crippen molar-refractivity contribution in [2.75, 3.05) is 51.0 Å². The smallest absolute Gasteiger partial charge is 0.461 e. The summed E-state index contributed by atoms with van der Waals surface area (Å²) in [6.45, 7) is 2.12. The van der Waals surface area contributed by atoms with E-state index in [9.17, 15) is 9.18 Å². The molecule has 0 saturated carbocycles. The highest BCUT2D eigenvalue weighted by Crippen LogP contribution is 2.41. The van der Waals surface area contributed by atoms with Gasteiger partial charge in [0.2, 0.25) is 0 Å². The number of rotatable bonds is 3. The van der Waals surface area contributed by atoms with Crippen LogP contribution in [0.3, 0.4) is 0 Å². The van der Waals surface area contributed by atoms with Gasteiger partial charge in [0.15, 0.2) is 5.82 Å². The number of hydrogen-bond donors (Lipinski definition) is 1. The molecule has 6 bridgehead atoms. The standard InChI is InChI=1S/C32H31F3N6O4/c33-19-11-32(8-2-9-41(32)14-19)16-44-30-38-28-23-13-37-27(26(28)35)22-4-1-3-18-5-6-24(34)21(25(18)22)7-10-43-31(42)45-20-12-36-17-40(15-20)29(23)39-30/h1,3-6,13,19-20,36H,2,7-12,14-17H2/t19-,20?,32+/m1/s1. The fraction of sp³-hybridized carbons (Fsp3) is 0.438. The highest BCUT2D eigenvalue weighted by Gasteiger charge is 2.49. The first-order chi connectivity index (χ1) is 21.9. The summed E-state index contributed by atoms with van der Waals surface area (Å²) in [6, 6.07) is 8.15. The van der Waals surface area contributed by atoms with E-state index in [-0.39, 0.29) is 49.0 Å². The summed E-state index contributed by atoms with van der Waals surface area (Å²) in [5.41, 5.74) is 0.168. The second kappa shape index (κ2) is 11.0. The molecule has 3 saturated heterocycles. The summed E-state index contributed by atoms with van der Waals surface area (Å²) in [5, 5.41) is 4.67. The average molecular weight is 621 g/mol. The Morgan fingerprint density at radius 2 is 2.07 bits per heavy atom. The Morgan fingerprint density at radius 3 is 2.98 bits per heavy atom. The second-order valence-corrected chi connectivity index (χ2v) is 12.2. The molecule has 4 aromatic rings. The molecular formula is C32H31F3N6O4. The maximum atomic E-state index is 16.8. The molecule has 0 radical (unpaired) electrons. The van der Waals surface area contributed by atoms with Crippen LogP contribution in [0.15, 0.2) is 36.5 Å². The number of carbonyl (C=O) groups excluding carboxylic acids is 1. The van der Waals surface area contributed by atoms with E-state index < -0.39 is 35.6 Å². The van der Waals surface area contributed by atoms with Crippen LogP contribution in [0.25, 0.3) is 32.9 Å². The number of hydrogen-bond acceptors (Lipinski definition) is 10. The van der Waals surface area contributed by atoms with Crippen LogP contribution in [0.2, 0.25) is 0 Å². The predicted molar refractivity (Wildman–Crippen MR) is 159 cm³/mol. The van der Waals surface area contributed by atoms with Gasteiger partial charge < -0.3 is 19.1 Å². The van der Waals surface area contributed by atoms with Gasteiger partial charge in [0.25, 0.3) is 0 Å². The largest absolute Gasteiger partial charge is 0.508 e. The van der Waals surface area contributed by atoms with Gasteiger partial charge in [0.1, 0.15) is 41.7 Å². The summed E-state index contributed by atoms with van der Waals surface area (Å²) < 4.78 is 63.6. The average Bonchev–Trinajstić information content (AvgIpc) is 3.56. The van der Waals surface area contributed by atoms with Crippen molar-refractivity contribution in [3.05, 3.63) is 53.7 Å². The number of nitrogens with one attached hydrogen (secondary N) is 1. The van der Waals surface area contributed by atoms with Crippen LogP contribution in [-0.4, -0.2) is 89.9 Å². The van der Waals surface area contributed by atoms with Crippen molar-refractivity contribution < 1.29 is 32.2 Å². The molecule has 1 unspecified atom stereocenters. The Labute approximate surface area is 256 Å². The number of nitrogens with zero attached hydrogens (tertiary/aromatic N) is 5. The third-order valence-corrected chi connectivity index (χ3v) is 9.46. The van der Waals surface area contributed by atoms with E-state index in [0.717, 1.165) is 19.4 Å². The van der Waals surface area contributed by atoms with Gasteiger partial charge in [-0.15, -0.1) is 0 Å². The summed E-state index contributed by atoms with van der Waals surface area (Å²) in [4.78, 5) is 30.3. The summed E-state index contributed by atoms with van der Waals surface area (Å²) in [6.07, 6.45) is 1.24. The van der Waals surface area contributed by atoms with E-state index in [2.05, 4.69) is 20.2 Å². The topological polar surface area (TPSA) is 102 Å². The minimum atomic E-state index is -0.932. The molecule has 234 valence electrons. The van der Waals surface area contributed by atoms with Crippen molar-refractivity contribution in [1.29, 1.82) is 0 Å². The number of aromatic nitrogens is 3. The van der Waals surface area contributed by atoms with E-state index in [4.69, 9.17) is 19.2 Å². The Bertz CT molecular complexity index is 1830. The van der Waals surface area contributed by atoms with Crippen LogP contribution in [0.5, 0.6) is 6.01 Å². The van der Waals surface area contributed by atoms with E-state index in [0.29, 0.717) is 53.7 Å². The third kappa shape index (κ3) is 4.88. The van der Waals surface area contributed by atoms with Gasteiger partial charge >= 0.3 is 12.2 Å². The zero-order valence-corrected chi connectivity index (χ0v) is 24.4. The van der Waals surface area contributed by atoms with Crippen molar-refractivity contribution in [1.82, 2.24) is 25.2 Å². The van der Waals surface area contributed by atoms with Crippen LogP contribution in [0, 0.1) is 11.6 Å². The van der Waals surface area contributed by atoms with Gasteiger partial charge in [-0.1, -0.05) is 24.3 Å². The first-order valence-electron chi connectivity index (χ1n) is 15.3. The quantitative estimate of drug-likeness (QED) is 0.329. The first-order valence-corrected chi connectivity index (χ1v) is 15.3. The molecule has 7 heterocycles. The Kier molecular flexibility index (Phi) is 6.90. The van der Waals surface area contributed by atoms with Gasteiger partial charge in [0, 0.05) is 37.7 Å². The summed E-state index contributed by atoms with van der Waals surface area (Å²) in [5.74, 6) is -0.871. The van der Waals surface area contributed by atoms with E-state index in [1.165, 1.54) is 12.3 Å². The molecule has 13 heteroatoms. The molecule has 0 aliphatic carbocycles. The molecule has 2 aromatic carbocycles. The number of pyridine rings is 1. The fourth-order valence-corrected chi connectivity index (χ4v) is 7.42. The molecule has 0 spiro atoms. The van der Waals surface area contributed by atoms with Crippen LogP contribution in [0.4, 0.5) is 23.8 Å². The molecule has 3 atom stereocenters. The lowest BCUT2D eigenvalue weighted by Crippen LogP contribution is -2.52. The molecular weight excluding hydrogens is 589 g/mol. The highest BCUT2D eigenvalue weighted by atomic mass is 19.1. The summed E-state index contributed by atoms with van der Waals surface area (Å²) in [7, 11) is 0. The molecule has 3 fully saturated rings. The predicted octanol–water partition coefficient (Wildman–Crippen LogP) is 4.52. The molecule has 2 aromatic heterocycles. The number of carbonyl (C=O) groups is 1. The SMILES string of the molecule is O=C1OCCc2c(F)ccc3cccc(c23)-c2ncc3c(nc(OC[C@@]45CCCN4C[C@H](F)C5)nc3c2F)N2CNCC(C2)O1. The van der Waals surface area contributed by atoms with Gasteiger partial charge in [-0.2, -0.15) is 9.97 Å². The molecule has 0 amide bonds. The monoisotopic (exact) mass is 620 g/mol. The lowest BCUT2D eigenvalue weighted by Gasteiger charge is -2.34. The van der Waals surface area contributed by atoms with Crippen LogP contribution in [0.1, 0.15) is 24.8 Å². The van der Waals surface area contributed by atoms with Crippen molar-refractivity contribution in [3.8, 4) is 17.3 Å². The number of alkyl halides is 1. The minimum Gasteiger partial charge on any atom is -0.461 e. The van der Waals surface area contributed by atoms with Gasteiger partial charge in [-0.3, -0.25) is 15.2 Å². The van der Waals surface area contributed by atoms with Gasteiger partial charge in [0.05, 0.1) is 30.7 Å². The third-order valence-electron chi connectivity index (χ3n) is 9.46. The molecule has 9 rings (SSSR count). The number of halogens is 3. The van der Waals surface area contributed by atoms with Crippen LogP contribution < -0.4 is 15.0 Å². The Morgan fingerprint density at radius 1 is 1.16 bits per heavy atom. The number of benzene rings is 2. The highest BCUT2D eigenvalue weighted by molar-refractivity contribution is 6.01. The molecule has 1 N–H and O–H groups in total. The molecule has 45 heavy (non-hydrogen) atoms. The van der Waals surface area contributed by atoms with Gasteiger partial charge in [-0.05, 0) is 41.8 Å². The minimum absolute atomic E-state index is 0.00533. The zero-order valence-electron chi connectivity index (χ0n) is 24.4. The van der Waals surface area contributed by atoms with Crippen LogP contribution in [-0.2, 0) is 15.9 Å². The maximum absolute atomic E-state index is 16.8. The van der Waals surface area contributed by atoms with Gasteiger partial charge in [-0.25, -0.2) is 18.0 Å². The first kappa shape index (κ1) is 28.3. The maximum Gasteiger partial charge on any atom is 0.508 e. The normalized spacial score (nSPS) is 25.1. The lowest BCUT2D eigenvalue weighted by molar-refractivity contribution is 0.0225. The van der Waals surface area contributed by atoms with Crippen molar-refractivity contribution in [3.63, 3.8) is 0 Å². The van der Waals surface area contributed by atoms with Crippen molar-refractivity contribution in [2.45, 2.75) is 43.5 Å². The number of fused-ring (bicyclic) bond motifs is 6. The Balaban J connectivity index is 1.30. The van der Waals surface area contributed by atoms with Crippen LogP contribution >= 0.6 is 0 Å². The fourth-order valence-electron chi connectivity index (χ4n) is 7.42. The number of ether oxygens (including phenoxy) is 3. The Hall–Kier alpha value is -4.23. The van der Waals surface area contributed by atoms with E-state index >= 15 is 8.78 Å². The number of anilines is 1. The van der Waals surface area contributed by atoms with E-state index in [1.807, 2.05) is 4.90 Å². The molecule has 5 aliphatic rings. The lowest BCUT2D eigenvalue weighted by atomic mass is 9.94.